The lowest BCUT2D eigenvalue weighted by atomic mass is 10.1. The number of hydrogen-bond acceptors (Lipinski definition) is 6. The SMILES string of the molecule is Cn1cc(-c2cc(Oc3ccc(NC(=O)c4cn(CC5CCCC5)c(=O)n(-c5ccc(F)cc5)c4=O)cc3F)ccn2)cn1. The third kappa shape index (κ3) is 6.05. The van der Waals surface area contributed by atoms with Crippen molar-refractivity contribution in [2.75, 3.05) is 5.32 Å². The second-order valence-corrected chi connectivity index (χ2v) is 10.7. The Morgan fingerprint density at radius 2 is 1.80 bits per heavy atom. The molecule has 1 aliphatic rings. The standard InChI is InChI=1S/C32H28F2N6O4/c1-38-18-21(16-36-38)28-15-25(12-13-35-28)44-29-11-8-23(14-27(29)34)37-30(41)26-19-39(17-20-4-2-3-5-20)32(43)40(31(26)42)24-9-6-22(33)7-10-24/h6-16,18-20H,2-5,17H2,1H3,(H,37,41). The summed E-state index contributed by atoms with van der Waals surface area (Å²) >= 11 is 0. The zero-order valence-electron chi connectivity index (χ0n) is 23.7. The molecule has 1 fully saturated rings. The predicted octanol–water partition coefficient (Wildman–Crippen LogP) is 5.31. The van der Waals surface area contributed by atoms with Gasteiger partial charge in [-0.2, -0.15) is 5.10 Å². The van der Waals surface area contributed by atoms with Gasteiger partial charge in [0.2, 0.25) is 0 Å². The summed E-state index contributed by atoms with van der Waals surface area (Å²) in [5.74, 6) is -1.62. The molecule has 2 aromatic carbocycles. The van der Waals surface area contributed by atoms with Gasteiger partial charge in [0, 0.05) is 55.6 Å². The van der Waals surface area contributed by atoms with Crippen LogP contribution in [0.5, 0.6) is 11.5 Å². The van der Waals surface area contributed by atoms with E-state index in [1.165, 1.54) is 41.2 Å². The van der Waals surface area contributed by atoms with Crippen LogP contribution < -0.4 is 21.3 Å². The zero-order chi connectivity index (χ0) is 30.8. The minimum Gasteiger partial charge on any atom is -0.454 e. The molecule has 12 heteroatoms. The van der Waals surface area contributed by atoms with E-state index >= 15 is 4.39 Å². The van der Waals surface area contributed by atoms with E-state index in [0.29, 0.717) is 18.0 Å². The van der Waals surface area contributed by atoms with E-state index in [1.54, 1.807) is 36.3 Å². The van der Waals surface area contributed by atoms with E-state index in [-0.39, 0.29) is 28.6 Å². The van der Waals surface area contributed by atoms with Crippen molar-refractivity contribution in [2.24, 2.45) is 13.0 Å². The van der Waals surface area contributed by atoms with Crippen LogP contribution in [-0.4, -0.2) is 29.8 Å². The van der Waals surface area contributed by atoms with E-state index in [1.807, 2.05) is 0 Å². The molecule has 0 bridgehead atoms. The number of amides is 1. The number of aromatic nitrogens is 5. The van der Waals surface area contributed by atoms with Crippen LogP contribution in [-0.2, 0) is 13.6 Å². The van der Waals surface area contributed by atoms with Gasteiger partial charge in [0.05, 0.1) is 17.6 Å². The number of nitrogens with one attached hydrogen (secondary N) is 1. The average Bonchev–Trinajstić information content (AvgIpc) is 3.69. The van der Waals surface area contributed by atoms with Crippen LogP contribution in [0.3, 0.4) is 0 Å². The van der Waals surface area contributed by atoms with E-state index in [2.05, 4.69) is 15.4 Å². The first-order chi connectivity index (χ1) is 21.2. The number of benzene rings is 2. The van der Waals surface area contributed by atoms with Crippen molar-refractivity contribution in [3.63, 3.8) is 0 Å². The van der Waals surface area contributed by atoms with Gasteiger partial charge in [-0.3, -0.25) is 23.8 Å². The maximum Gasteiger partial charge on any atom is 0.335 e. The monoisotopic (exact) mass is 598 g/mol. The minimum absolute atomic E-state index is 0.0758. The number of aryl methyl sites for hydroxylation is 1. The molecule has 0 radical (unpaired) electrons. The maximum atomic E-state index is 15.1. The average molecular weight is 599 g/mol. The van der Waals surface area contributed by atoms with Crippen molar-refractivity contribution in [3.05, 3.63) is 117 Å². The third-order valence-corrected chi connectivity index (χ3v) is 7.56. The summed E-state index contributed by atoms with van der Waals surface area (Å²) < 4.78 is 38.3. The predicted molar refractivity (Wildman–Crippen MR) is 159 cm³/mol. The van der Waals surface area contributed by atoms with Crippen LogP contribution in [0.1, 0.15) is 36.0 Å². The summed E-state index contributed by atoms with van der Waals surface area (Å²) in [4.78, 5) is 44.5. The molecule has 6 rings (SSSR count). The highest BCUT2D eigenvalue weighted by molar-refractivity contribution is 6.03. The molecule has 1 amide bonds. The van der Waals surface area contributed by atoms with Crippen molar-refractivity contribution < 1.29 is 18.3 Å². The molecule has 0 spiro atoms. The number of nitrogens with zero attached hydrogens (tertiary/aromatic N) is 5. The van der Waals surface area contributed by atoms with Crippen molar-refractivity contribution in [3.8, 4) is 28.4 Å². The highest BCUT2D eigenvalue weighted by Crippen LogP contribution is 2.29. The molecule has 0 saturated heterocycles. The normalized spacial score (nSPS) is 13.2. The van der Waals surface area contributed by atoms with Gasteiger partial charge in [-0.1, -0.05) is 12.8 Å². The lowest BCUT2D eigenvalue weighted by Crippen LogP contribution is -2.42. The van der Waals surface area contributed by atoms with Crippen molar-refractivity contribution in [2.45, 2.75) is 32.2 Å². The Morgan fingerprint density at radius 3 is 2.50 bits per heavy atom. The summed E-state index contributed by atoms with van der Waals surface area (Å²) in [6.07, 6.45) is 10.2. The lowest BCUT2D eigenvalue weighted by Gasteiger charge is -2.16. The first kappa shape index (κ1) is 28.7. The molecule has 44 heavy (non-hydrogen) atoms. The molecular formula is C32H28F2N6O4. The summed E-state index contributed by atoms with van der Waals surface area (Å²) in [5, 5.41) is 6.68. The summed E-state index contributed by atoms with van der Waals surface area (Å²) in [7, 11) is 1.79. The van der Waals surface area contributed by atoms with Crippen molar-refractivity contribution in [1.29, 1.82) is 0 Å². The van der Waals surface area contributed by atoms with Gasteiger partial charge in [0.15, 0.2) is 11.6 Å². The molecule has 0 aliphatic heterocycles. The number of rotatable bonds is 8. The van der Waals surface area contributed by atoms with Gasteiger partial charge >= 0.3 is 5.69 Å². The largest absolute Gasteiger partial charge is 0.454 e. The Labute approximate surface area is 250 Å². The Balaban J connectivity index is 1.26. The highest BCUT2D eigenvalue weighted by atomic mass is 19.1. The van der Waals surface area contributed by atoms with Crippen LogP contribution >= 0.6 is 0 Å². The van der Waals surface area contributed by atoms with Gasteiger partial charge in [0.1, 0.15) is 17.1 Å². The van der Waals surface area contributed by atoms with Crippen LogP contribution in [0.4, 0.5) is 14.5 Å². The molecule has 0 unspecified atom stereocenters. The molecule has 0 atom stereocenters. The fourth-order valence-electron chi connectivity index (χ4n) is 5.35. The molecule has 1 saturated carbocycles. The molecule has 5 aromatic rings. The van der Waals surface area contributed by atoms with E-state index in [4.69, 9.17) is 4.74 Å². The molecule has 3 aromatic heterocycles. The Morgan fingerprint density at radius 1 is 1.02 bits per heavy atom. The first-order valence-electron chi connectivity index (χ1n) is 14.1. The van der Waals surface area contributed by atoms with Crippen molar-refractivity contribution >= 4 is 11.6 Å². The molecule has 1 aliphatic carbocycles. The van der Waals surface area contributed by atoms with Gasteiger partial charge in [-0.25, -0.2) is 18.1 Å². The summed E-state index contributed by atoms with van der Waals surface area (Å²) in [6, 6.07) is 12.0. The quantitative estimate of drug-likeness (QED) is 0.259. The molecular weight excluding hydrogens is 570 g/mol. The van der Waals surface area contributed by atoms with Crippen molar-refractivity contribution in [1.82, 2.24) is 23.9 Å². The Hall–Kier alpha value is -5.39. The van der Waals surface area contributed by atoms with E-state index in [0.717, 1.165) is 54.0 Å². The third-order valence-electron chi connectivity index (χ3n) is 7.56. The number of hydrogen-bond donors (Lipinski definition) is 1. The fraction of sp³-hybridized carbons (Fsp3) is 0.219. The highest BCUT2D eigenvalue weighted by Gasteiger charge is 2.22. The second kappa shape index (κ2) is 12.1. The topological polar surface area (TPSA) is 113 Å². The molecule has 224 valence electrons. The molecule has 3 heterocycles. The second-order valence-electron chi connectivity index (χ2n) is 10.7. The number of ether oxygens (including phenoxy) is 1. The number of halogens is 2. The van der Waals surface area contributed by atoms with Gasteiger partial charge < -0.3 is 10.1 Å². The summed E-state index contributed by atoms with van der Waals surface area (Å²) in [6.45, 7) is 0.332. The molecule has 1 N–H and O–H groups in total. The van der Waals surface area contributed by atoms with Gasteiger partial charge in [-0.05, 0) is 61.2 Å². The minimum atomic E-state index is -0.871. The van der Waals surface area contributed by atoms with Crippen LogP contribution in [0.2, 0.25) is 0 Å². The molecule has 10 nitrogen and oxygen atoms in total. The van der Waals surface area contributed by atoms with Crippen LogP contribution in [0.25, 0.3) is 16.9 Å². The van der Waals surface area contributed by atoms with Gasteiger partial charge in [0.25, 0.3) is 11.5 Å². The lowest BCUT2D eigenvalue weighted by molar-refractivity contribution is 0.102. The number of pyridine rings is 1. The van der Waals surface area contributed by atoms with E-state index < -0.39 is 28.8 Å². The van der Waals surface area contributed by atoms with Crippen LogP contribution in [0, 0.1) is 17.6 Å². The summed E-state index contributed by atoms with van der Waals surface area (Å²) in [5.41, 5.74) is -0.236. The van der Waals surface area contributed by atoms with Crippen LogP contribution in [0.15, 0.2) is 89.0 Å². The van der Waals surface area contributed by atoms with Gasteiger partial charge in [-0.15, -0.1) is 0 Å². The maximum absolute atomic E-state index is 15.1. The fourth-order valence-corrected chi connectivity index (χ4v) is 5.35. The number of carbonyl (C=O) groups excluding carboxylic acids is 1. The Kier molecular flexibility index (Phi) is 7.88. The van der Waals surface area contributed by atoms with E-state index in [9.17, 15) is 18.8 Å². The number of carbonyl (C=O) groups is 1. The first-order valence-corrected chi connectivity index (χ1v) is 14.1. The Bertz CT molecular complexity index is 1960. The smallest absolute Gasteiger partial charge is 0.335 e. The number of anilines is 1. The zero-order valence-corrected chi connectivity index (χ0v) is 23.7.